The van der Waals surface area contributed by atoms with Crippen LogP contribution >= 0.6 is 11.3 Å². The molecule has 3 heterocycles. The highest BCUT2D eigenvalue weighted by Gasteiger charge is 2.38. The number of hydrogen-bond acceptors (Lipinski definition) is 9. The van der Waals surface area contributed by atoms with Crippen molar-refractivity contribution in [3.8, 4) is 17.2 Å². The number of aromatic nitrogens is 1. The number of hydrogen-bond donors (Lipinski definition) is 0. The number of rotatable bonds is 8. The first-order chi connectivity index (χ1) is 21.8. The number of ether oxygens (including phenoxy) is 4. The summed E-state index contributed by atoms with van der Waals surface area (Å²) < 4.78 is 23.8. The van der Waals surface area contributed by atoms with Crippen LogP contribution in [0.5, 0.6) is 17.2 Å². The van der Waals surface area contributed by atoms with Crippen LogP contribution in [0.15, 0.2) is 87.8 Å². The topological polar surface area (TPSA) is 109 Å². The van der Waals surface area contributed by atoms with Crippen LogP contribution in [-0.2, 0) is 20.9 Å². The molecular weight excluding hydrogens is 594 g/mol. The number of methoxy groups -OCH3 is 3. The lowest BCUT2D eigenvalue weighted by Gasteiger charge is -2.26. The van der Waals surface area contributed by atoms with Crippen LogP contribution < -0.4 is 34.0 Å². The maximum atomic E-state index is 14.5. The molecular formula is C34H31N3O7S. The highest BCUT2D eigenvalue weighted by Crippen LogP contribution is 2.42. The molecule has 1 amide bonds. The van der Waals surface area contributed by atoms with Crippen molar-refractivity contribution in [2.45, 2.75) is 26.4 Å². The van der Waals surface area contributed by atoms with Crippen molar-refractivity contribution in [1.29, 1.82) is 0 Å². The first-order valence-electron chi connectivity index (χ1n) is 14.3. The van der Waals surface area contributed by atoms with Crippen molar-refractivity contribution < 1.29 is 28.5 Å². The van der Waals surface area contributed by atoms with Crippen LogP contribution in [0.25, 0.3) is 5.57 Å². The van der Waals surface area contributed by atoms with Gasteiger partial charge in [-0.1, -0.05) is 59.9 Å². The quantitative estimate of drug-likeness (QED) is 0.275. The number of para-hydroxylation sites is 1. The SMILES string of the molecule is CCOC(=O)C1=C(C)N=c2s/c(=C3\C(=O)N(Cc4ccccc4)c4ccccc43)c(=O)n2[C@H]1c1cc(OC)c(OC)c(OC)c1. The predicted molar refractivity (Wildman–Crippen MR) is 170 cm³/mol. The Kier molecular flexibility index (Phi) is 8.03. The minimum Gasteiger partial charge on any atom is -0.493 e. The third-order valence-corrected chi connectivity index (χ3v) is 8.88. The monoisotopic (exact) mass is 625 g/mol. The van der Waals surface area contributed by atoms with Crippen LogP contribution in [0.4, 0.5) is 5.69 Å². The molecule has 6 rings (SSSR count). The predicted octanol–water partition coefficient (Wildman–Crippen LogP) is 3.74. The van der Waals surface area contributed by atoms with Gasteiger partial charge in [0.1, 0.15) is 4.53 Å². The average molecular weight is 626 g/mol. The summed E-state index contributed by atoms with van der Waals surface area (Å²) in [6, 6.07) is 19.6. The van der Waals surface area contributed by atoms with Crippen LogP contribution in [-0.4, -0.2) is 44.4 Å². The van der Waals surface area contributed by atoms with Crippen molar-refractivity contribution in [3.63, 3.8) is 0 Å². The first-order valence-corrected chi connectivity index (χ1v) is 15.1. The van der Waals surface area contributed by atoms with Gasteiger partial charge in [0, 0.05) is 5.56 Å². The van der Waals surface area contributed by atoms with Crippen molar-refractivity contribution in [2.24, 2.45) is 4.99 Å². The Hall–Kier alpha value is -5.16. The van der Waals surface area contributed by atoms with Gasteiger partial charge in [-0.05, 0) is 43.2 Å². The second-order valence-corrected chi connectivity index (χ2v) is 11.3. The highest BCUT2D eigenvalue weighted by molar-refractivity contribution is 7.07. The molecule has 0 saturated heterocycles. The van der Waals surface area contributed by atoms with Gasteiger partial charge >= 0.3 is 5.97 Å². The number of fused-ring (bicyclic) bond motifs is 2. The van der Waals surface area contributed by atoms with Crippen LogP contribution in [0.2, 0.25) is 0 Å². The van der Waals surface area contributed by atoms with Crippen molar-refractivity contribution >= 4 is 34.5 Å². The van der Waals surface area contributed by atoms with Gasteiger partial charge in [0.15, 0.2) is 16.3 Å². The van der Waals surface area contributed by atoms with E-state index in [1.165, 1.54) is 25.9 Å². The van der Waals surface area contributed by atoms with E-state index in [0.717, 1.165) is 22.6 Å². The second-order valence-electron chi connectivity index (χ2n) is 10.4. The number of thiazole rings is 1. The molecule has 4 aromatic rings. The fourth-order valence-electron chi connectivity index (χ4n) is 5.84. The Bertz CT molecular complexity index is 2020. The smallest absolute Gasteiger partial charge is 0.338 e. The first kappa shape index (κ1) is 29.9. The van der Waals surface area contributed by atoms with Gasteiger partial charge < -0.3 is 23.8 Å². The van der Waals surface area contributed by atoms with Gasteiger partial charge in [-0.2, -0.15) is 0 Å². The molecule has 0 unspecified atom stereocenters. The molecule has 0 aliphatic carbocycles. The molecule has 230 valence electrons. The van der Waals surface area contributed by atoms with E-state index in [9.17, 15) is 14.4 Å². The summed E-state index contributed by atoms with van der Waals surface area (Å²) in [6.07, 6.45) is 0. The zero-order chi connectivity index (χ0) is 31.8. The fourth-order valence-corrected chi connectivity index (χ4v) is 6.98. The Labute approximate surface area is 263 Å². The van der Waals surface area contributed by atoms with Gasteiger partial charge in [0.05, 0.1) is 63.1 Å². The second kappa shape index (κ2) is 12.1. The number of nitrogens with zero attached hydrogens (tertiary/aromatic N) is 3. The summed E-state index contributed by atoms with van der Waals surface area (Å²) in [7, 11) is 4.48. The molecule has 3 aromatic carbocycles. The minimum absolute atomic E-state index is 0.134. The highest BCUT2D eigenvalue weighted by atomic mass is 32.1. The Balaban J connectivity index is 1.61. The molecule has 0 saturated carbocycles. The maximum absolute atomic E-state index is 14.5. The molecule has 2 aliphatic heterocycles. The van der Waals surface area contributed by atoms with Gasteiger partial charge in [-0.15, -0.1) is 0 Å². The number of carbonyl (C=O) groups excluding carboxylic acids is 2. The summed E-state index contributed by atoms with van der Waals surface area (Å²) in [5, 5.41) is 0. The van der Waals surface area contributed by atoms with E-state index in [1.807, 2.05) is 54.6 Å². The van der Waals surface area contributed by atoms with E-state index in [4.69, 9.17) is 18.9 Å². The van der Waals surface area contributed by atoms with Crippen molar-refractivity contribution in [3.05, 3.63) is 114 Å². The molecule has 0 spiro atoms. The number of anilines is 1. The lowest BCUT2D eigenvalue weighted by atomic mass is 9.95. The summed E-state index contributed by atoms with van der Waals surface area (Å²) in [4.78, 5) is 48.8. The zero-order valence-corrected chi connectivity index (χ0v) is 26.3. The Morgan fingerprint density at radius 2 is 1.60 bits per heavy atom. The van der Waals surface area contributed by atoms with Crippen LogP contribution in [0, 0.1) is 0 Å². The number of amides is 1. The maximum Gasteiger partial charge on any atom is 0.338 e. The van der Waals surface area contributed by atoms with Crippen molar-refractivity contribution in [2.75, 3.05) is 32.8 Å². The third-order valence-electron chi connectivity index (χ3n) is 7.83. The van der Waals surface area contributed by atoms with E-state index in [2.05, 4.69) is 4.99 Å². The van der Waals surface area contributed by atoms with E-state index in [-0.39, 0.29) is 22.6 Å². The summed E-state index contributed by atoms with van der Waals surface area (Å²) in [5.74, 6) is 0.184. The Morgan fingerprint density at radius 3 is 2.24 bits per heavy atom. The summed E-state index contributed by atoms with van der Waals surface area (Å²) in [6.45, 7) is 3.90. The standard InChI is InChI=1S/C34H31N3O7S/c1-6-44-33(40)26-19(2)35-34-37(28(26)21-16-24(41-3)29(43-5)25(17-21)42-4)32(39)30(45-34)27-22-14-10-11-15-23(22)36(31(27)38)18-20-12-8-7-9-13-20/h7-17,28H,6,18H2,1-5H3/b30-27-/t28-/m0/s1. The largest absolute Gasteiger partial charge is 0.493 e. The van der Waals surface area contributed by atoms with Crippen LogP contribution in [0.1, 0.15) is 36.6 Å². The molecule has 45 heavy (non-hydrogen) atoms. The summed E-state index contributed by atoms with van der Waals surface area (Å²) in [5.41, 5.74) is 3.29. The molecule has 11 heteroatoms. The molecule has 0 N–H and O–H groups in total. The molecule has 0 fully saturated rings. The lowest BCUT2D eigenvalue weighted by molar-refractivity contribution is -0.139. The van der Waals surface area contributed by atoms with Gasteiger partial charge in [-0.3, -0.25) is 14.2 Å². The van der Waals surface area contributed by atoms with E-state index >= 15 is 0 Å². The zero-order valence-electron chi connectivity index (χ0n) is 25.5. The van der Waals surface area contributed by atoms with Crippen LogP contribution in [0.3, 0.4) is 0 Å². The molecule has 0 radical (unpaired) electrons. The lowest BCUT2D eigenvalue weighted by Crippen LogP contribution is -2.41. The number of benzene rings is 3. The number of esters is 1. The molecule has 0 bridgehead atoms. The van der Waals surface area contributed by atoms with Gasteiger partial charge in [-0.25, -0.2) is 9.79 Å². The molecule has 10 nitrogen and oxygen atoms in total. The summed E-state index contributed by atoms with van der Waals surface area (Å²) >= 11 is 1.12. The third kappa shape index (κ3) is 4.98. The van der Waals surface area contributed by atoms with E-state index in [1.54, 1.807) is 30.9 Å². The molecule has 1 atom stereocenters. The van der Waals surface area contributed by atoms with Gasteiger partial charge in [0.2, 0.25) is 5.75 Å². The average Bonchev–Trinajstić information content (AvgIpc) is 3.51. The molecule has 2 aliphatic rings. The van der Waals surface area contributed by atoms with E-state index < -0.39 is 17.6 Å². The fraction of sp³-hybridized carbons (Fsp3) is 0.235. The number of allylic oxidation sites excluding steroid dienone is 1. The molecule has 1 aromatic heterocycles. The Morgan fingerprint density at radius 1 is 0.933 bits per heavy atom. The van der Waals surface area contributed by atoms with E-state index in [0.29, 0.717) is 51.0 Å². The number of carbonyl (C=O) groups is 2. The van der Waals surface area contributed by atoms with Crippen molar-refractivity contribution in [1.82, 2.24) is 4.57 Å². The minimum atomic E-state index is -0.949. The van der Waals surface area contributed by atoms with Gasteiger partial charge in [0.25, 0.3) is 11.5 Å². The normalized spacial score (nSPS) is 16.6.